The van der Waals surface area contributed by atoms with Crippen LogP contribution >= 0.6 is 0 Å². The van der Waals surface area contributed by atoms with Crippen molar-refractivity contribution < 1.29 is 5.11 Å². The fourth-order valence-corrected chi connectivity index (χ4v) is 2.65. The van der Waals surface area contributed by atoms with E-state index in [1.54, 1.807) is 12.1 Å². The highest BCUT2D eigenvalue weighted by atomic mass is 16.3. The standard InChI is InChI=1S/C15H19NO/c1-12-6-8-15(11-16,9-7-12)10-13-2-4-14(17)5-3-13/h2-5,12,17H,6-10H2,1H3. The molecule has 1 N–H and O–H groups in total. The van der Waals surface area contributed by atoms with Crippen LogP contribution in [0.2, 0.25) is 0 Å². The lowest BCUT2D eigenvalue weighted by Crippen LogP contribution is -2.27. The summed E-state index contributed by atoms with van der Waals surface area (Å²) in [6, 6.07) is 9.79. The minimum Gasteiger partial charge on any atom is -0.508 e. The molecule has 2 nitrogen and oxygen atoms in total. The molecule has 0 heterocycles. The summed E-state index contributed by atoms with van der Waals surface area (Å²) in [5.74, 6) is 1.05. The molecule has 2 rings (SSSR count). The predicted octanol–water partition coefficient (Wildman–Crippen LogP) is 3.65. The van der Waals surface area contributed by atoms with E-state index < -0.39 is 0 Å². The van der Waals surface area contributed by atoms with Gasteiger partial charge in [0, 0.05) is 0 Å². The normalized spacial score (nSPS) is 28.6. The number of benzene rings is 1. The molecule has 90 valence electrons. The first-order valence-corrected chi connectivity index (χ1v) is 6.33. The lowest BCUT2D eigenvalue weighted by molar-refractivity contribution is 0.219. The zero-order valence-corrected chi connectivity index (χ0v) is 10.3. The summed E-state index contributed by atoms with van der Waals surface area (Å²) in [5, 5.41) is 18.7. The van der Waals surface area contributed by atoms with E-state index in [1.807, 2.05) is 12.1 Å². The van der Waals surface area contributed by atoms with Crippen LogP contribution in [0.1, 0.15) is 38.2 Å². The van der Waals surface area contributed by atoms with Crippen LogP contribution in [-0.2, 0) is 6.42 Å². The Morgan fingerprint density at radius 3 is 2.41 bits per heavy atom. The summed E-state index contributed by atoms with van der Waals surface area (Å²) in [7, 11) is 0. The second kappa shape index (κ2) is 4.79. The van der Waals surface area contributed by atoms with E-state index in [4.69, 9.17) is 0 Å². The van der Waals surface area contributed by atoms with Crippen LogP contribution in [0.25, 0.3) is 0 Å². The van der Waals surface area contributed by atoms with Crippen molar-refractivity contribution in [2.24, 2.45) is 11.3 Å². The highest BCUT2D eigenvalue weighted by Crippen LogP contribution is 2.40. The van der Waals surface area contributed by atoms with Gasteiger partial charge in [0.1, 0.15) is 5.75 Å². The molecule has 0 radical (unpaired) electrons. The second-order valence-electron chi connectivity index (χ2n) is 5.42. The zero-order chi connectivity index (χ0) is 12.3. The fraction of sp³-hybridized carbons (Fsp3) is 0.533. The molecule has 1 saturated carbocycles. The number of aromatic hydroxyl groups is 1. The van der Waals surface area contributed by atoms with Gasteiger partial charge in [-0.05, 0) is 55.7 Å². The Kier molecular flexibility index (Phi) is 3.38. The predicted molar refractivity (Wildman–Crippen MR) is 67.5 cm³/mol. The molecular formula is C15H19NO. The van der Waals surface area contributed by atoms with Crippen molar-refractivity contribution in [3.05, 3.63) is 29.8 Å². The van der Waals surface area contributed by atoms with Gasteiger partial charge in [-0.3, -0.25) is 0 Å². The molecule has 17 heavy (non-hydrogen) atoms. The first kappa shape index (κ1) is 12.0. The summed E-state index contributed by atoms with van der Waals surface area (Å²) in [6.45, 7) is 2.27. The lowest BCUT2D eigenvalue weighted by atomic mass is 9.69. The van der Waals surface area contributed by atoms with E-state index in [2.05, 4.69) is 13.0 Å². The van der Waals surface area contributed by atoms with Crippen LogP contribution in [0.15, 0.2) is 24.3 Å². The highest BCUT2D eigenvalue weighted by Gasteiger charge is 2.34. The summed E-state index contributed by atoms with van der Waals surface area (Å²) in [6.07, 6.45) is 5.14. The Bertz CT molecular complexity index is 408. The van der Waals surface area contributed by atoms with Crippen LogP contribution in [-0.4, -0.2) is 5.11 Å². The van der Waals surface area contributed by atoms with Gasteiger partial charge in [0.2, 0.25) is 0 Å². The molecule has 0 amide bonds. The van der Waals surface area contributed by atoms with Gasteiger partial charge in [0.05, 0.1) is 11.5 Å². The van der Waals surface area contributed by atoms with Crippen molar-refractivity contribution in [1.82, 2.24) is 0 Å². The van der Waals surface area contributed by atoms with Gasteiger partial charge in [-0.25, -0.2) is 0 Å². The van der Waals surface area contributed by atoms with Crippen molar-refractivity contribution in [2.45, 2.75) is 39.0 Å². The van der Waals surface area contributed by atoms with E-state index in [-0.39, 0.29) is 11.2 Å². The quantitative estimate of drug-likeness (QED) is 0.841. The Hall–Kier alpha value is -1.49. The van der Waals surface area contributed by atoms with Crippen molar-refractivity contribution >= 4 is 0 Å². The van der Waals surface area contributed by atoms with Gasteiger partial charge in [-0.2, -0.15) is 5.26 Å². The van der Waals surface area contributed by atoms with Gasteiger partial charge in [-0.1, -0.05) is 19.1 Å². The molecule has 1 aliphatic carbocycles. The third kappa shape index (κ3) is 2.79. The van der Waals surface area contributed by atoms with Crippen molar-refractivity contribution in [1.29, 1.82) is 5.26 Å². The zero-order valence-electron chi connectivity index (χ0n) is 10.3. The molecule has 1 fully saturated rings. The van der Waals surface area contributed by atoms with Gasteiger partial charge in [0.15, 0.2) is 0 Å². The molecule has 1 aromatic carbocycles. The molecule has 0 aliphatic heterocycles. The minimum atomic E-state index is -0.177. The molecule has 0 atom stereocenters. The first-order chi connectivity index (χ1) is 8.13. The van der Waals surface area contributed by atoms with Crippen molar-refractivity contribution in [3.63, 3.8) is 0 Å². The minimum absolute atomic E-state index is 0.177. The molecule has 0 aromatic heterocycles. The summed E-state index contributed by atoms with van der Waals surface area (Å²) in [5.41, 5.74) is 0.975. The molecule has 0 spiro atoms. The molecule has 1 aliphatic rings. The number of hydrogen-bond acceptors (Lipinski definition) is 2. The number of phenols is 1. The SMILES string of the molecule is CC1CCC(C#N)(Cc2ccc(O)cc2)CC1. The average molecular weight is 229 g/mol. The Morgan fingerprint density at radius 1 is 1.29 bits per heavy atom. The topological polar surface area (TPSA) is 44.0 Å². The van der Waals surface area contributed by atoms with Gasteiger partial charge in [0.25, 0.3) is 0 Å². The Balaban J connectivity index is 2.10. The fourth-order valence-electron chi connectivity index (χ4n) is 2.65. The molecule has 0 unspecified atom stereocenters. The summed E-state index contributed by atoms with van der Waals surface area (Å²) in [4.78, 5) is 0. The molecule has 1 aromatic rings. The number of hydrogen-bond donors (Lipinski definition) is 1. The van der Waals surface area contributed by atoms with E-state index in [0.29, 0.717) is 0 Å². The number of nitrogens with zero attached hydrogens (tertiary/aromatic N) is 1. The van der Waals surface area contributed by atoms with E-state index >= 15 is 0 Å². The molecule has 0 saturated heterocycles. The van der Waals surface area contributed by atoms with Crippen LogP contribution in [0.5, 0.6) is 5.75 Å². The Labute approximate surface area is 103 Å². The maximum atomic E-state index is 9.44. The van der Waals surface area contributed by atoms with E-state index in [1.165, 1.54) is 0 Å². The van der Waals surface area contributed by atoms with Gasteiger partial charge in [-0.15, -0.1) is 0 Å². The van der Waals surface area contributed by atoms with Crippen molar-refractivity contribution in [2.75, 3.05) is 0 Å². The van der Waals surface area contributed by atoms with E-state index in [9.17, 15) is 10.4 Å². The van der Waals surface area contributed by atoms with Crippen LogP contribution in [0.3, 0.4) is 0 Å². The highest BCUT2D eigenvalue weighted by molar-refractivity contribution is 5.27. The summed E-state index contributed by atoms with van der Waals surface area (Å²) >= 11 is 0. The van der Waals surface area contributed by atoms with Gasteiger partial charge >= 0.3 is 0 Å². The van der Waals surface area contributed by atoms with Gasteiger partial charge < -0.3 is 5.11 Å². The largest absolute Gasteiger partial charge is 0.508 e. The maximum absolute atomic E-state index is 9.44. The average Bonchev–Trinajstić information content (AvgIpc) is 2.35. The van der Waals surface area contributed by atoms with Crippen LogP contribution in [0.4, 0.5) is 0 Å². The number of nitriles is 1. The summed E-state index contributed by atoms with van der Waals surface area (Å²) < 4.78 is 0. The smallest absolute Gasteiger partial charge is 0.115 e. The molecule has 2 heteroatoms. The number of phenolic OH excluding ortho intramolecular Hbond substituents is 1. The number of rotatable bonds is 2. The van der Waals surface area contributed by atoms with E-state index in [0.717, 1.165) is 43.6 Å². The maximum Gasteiger partial charge on any atom is 0.115 e. The monoisotopic (exact) mass is 229 g/mol. The molecule has 0 bridgehead atoms. The second-order valence-corrected chi connectivity index (χ2v) is 5.42. The Morgan fingerprint density at radius 2 is 1.88 bits per heavy atom. The first-order valence-electron chi connectivity index (χ1n) is 6.33. The van der Waals surface area contributed by atoms with Crippen molar-refractivity contribution in [3.8, 4) is 11.8 Å². The van der Waals surface area contributed by atoms with Crippen LogP contribution < -0.4 is 0 Å². The lowest BCUT2D eigenvalue weighted by Gasteiger charge is -2.33. The molecular weight excluding hydrogens is 210 g/mol. The van der Waals surface area contributed by atoms with Crippen LogP contribution in [0, 0.1) is 22.7 Å². The third-order valence-electron chi connectivity index (χ3n) is 3.95. The third-order valence-corrected chi connectivity index (χ3v) is 3.95.